The number of halogens is 1. The van der Waals surface area contributed by atoms with Crippen molar-refractivity contribution in [1.82, 2.24) is 0 Å². The maximum Gasteiger partial charge on any atom is 0.166 e. The lowest BCUT2D eigenvalue weighted by atomic mass is 9.72. The molecule has 1 aromatic rings. The first kappa shape index (κ1) is 9.38. The monoisotopic (exact) mass is 192 g/mol. The van der Waals surface area contributed by atoms with Crippen molar-refractivity contribution in [1.29, 1.82) is 0 Å². The van der Waals surface area contributed by atoms with Crippen LogP contribution in [0.1, 0.15) is 42.6 Å². The number of fused-ring (bicyclic) bond motifs is 1. The number of hydrogen-bond donors (Lipinski definition) is 0. The lowest BCUT2D eigenvalue weighted by molar-refractivity contribution is 0.0952. The molecule has 0 spiro atoms. The second-order valence-electron chi connectivity index (χ2n) is 4.47. The average molecular weight is 192 g/mol. The molecular formula is C12H13FO. The summed E-state index contributed by atoms with van der Waals surface area (Å²) in [6, 6.07) is 4.89. The van der Waals surface area contributed by atoms with Gasteiger partial charge in [0.1, 0.15) is 5.82 Å². The Bertz CT molecular complexity index is 393. The van der Waals surface area contributed by atoms with Gasteiger partial charge in [-0.2, -0.15) is 0 Å². The van der Waals surface area contributed by atoms with Crippen LogP contribution in [0.5, 0.6) is 0 Å². The van der Waals surface area contributed by atoms with Crippen LogP contribution in [-0.2, 0) is 5.41 Å². The number of carbonyl (C=O) groups excluding carboxylic acids is 1. The molecule has 0 fully saturated rings. The zero-order valence-electron chi connectivity index (χ0n) is 8.43. The first-order chi connectivity index (χ1) is 6.52. The largest absolute Gasteiger partial charge is 0.294 e. The number of Topliss-reactive ketones (excluding diaryl/α,β-unsaturated/α-hetero) is 1. The minimum Gasteiger partial charge on any atom is -0.294 e. The topological polar surface area (TPSA) is 17.1 Å². The summed E-state index contributed by atoms with van der Waals surface area (Å²) in [4.78, 5) is 11.6. The summed E-state index contributed by atoms with van der Waals surface area (Å²) in [5, 5.41) is 0. The fourth-order valence-electron chi connectivity index (χ4n) is 2.06. The molecule has 2 heteroatoms. The number of hydrogen-bond acceptors (Lipinski definition) is 1. The number of rotatable bonds is 0. The Hall–Kier alpha value is -1.18. The van der Waals surface area contributed by atoms with Crippen LogP contribution in [-0.4, -0.2) is 5.78 Å². The van der Waals surface area contributed by atoms with Gasteiger partial charge in [0.05, 0.1) is 5.56 Å². The maximum absolute atomic E-state index is 13.4. The molecule has 0 aromatic heterocycles. The highest BCUT2D eigenvalue weighted by atomic mass is 19.1. The molecule has 0 heterocycles. The molecule has 0 N–H and O–H groups in total. The molecule has 0 amide bonds. The van der Waals surface area contributed by atoms with Gasteiger partial charge in [0.15, 0.2) is 5.78 Å². The summed E-state index contributed by atoms with van der Waals surface area (Å²) in [6.07, 6.45) is 1.27. The smallest absolute Gasteiger partial charge is 0.166 e. The van der Waals surface area contributed by atoms with E-state index in [2.05, 4.69) is 13.8 Å². The van der Waals surface area contributed by atoms with Crippen LogP contribution in [0.15, 0.2) is 18.2 Å². The minimum absolute atomic E-state index is 0.0579. The predicted molar refractivity (Wildman–Crippen MR) is 53.0 cm³/mol. The van der Waals surface area contributed by atoms with E-state index in [0.717, 1.165) is 12.0 Å². The van der Waals surface area contributed by atoms with Crippen molar-refractivity contribution in [2.75, 3.05) is 0 Å². The molecule has 1 aliphatic carbocycles. The predicted octanol–water partition coefficient (Wildman–Crippen LogP) is 3.08. The fourth-order valence-corrected chi connectivity index (χ4v) is 2.06. The number of ketones is 1. The Morgan fingerprint density at radius 1 is 1.36 bits per heavy atom. The van der Waals surface area contributed by atoms with Crippen LogP contribution in [0, 0.1) is 5.82 Å². The van der Waals surface area contributed by atoms with Crippen molar-refractivity contribution in [3.05, 3.63) is 35.1 Å². The Balaban J connectivity index is 2.69. The van der Waals surface area contributed by atoms with Gasteiger partial charge >= 0.3 is 0 Å². The third-order valence-corrected chi connectivity index (χ3v) is 3.00. The number of carbonyl (C=O) groups is 1. The Labute approximate surface area is 82.9 Å². The zero-order valence-corrected chi connectivity index (χ0v) is 8.43. The highest BCUT2D eigenvalue weighted by Gasteiger charge is 2.33. The van der Waals surface area contributed by atoms with Gasteiger partial charge < -0.3 is 0 Å². The Morgan fingerprint density at radius 3 is 2.71 bits per heavy atom. The van der Waals surface area contributed by atoms with Gasteiger partial charge in [-0.15, -0.1) is 0 Å². The van der Waals surface area contributed by atoms with Gasteiger partial charge in [-0.1, -0.05) is 26.0 Å². The Morgan fingerprint density at radius 2 is 2.07 bits per heavy atom. The molecule has 14 heavy (non-hydrogen) atoms. The summed E-state index contributed by atoms with van der Waals surface area (Å²) in [5.41, 5.74) is 1.09. The molecule has 2 rings (SSSR count). The minimum atomic E-state index is -0.375. The van der Waals surface area contributed by atoms with Crippen LogP contribution in [0.25, 0.3) is 0 Å². The van der Waals surface area contributed by atoms with E-state index in [-0.39, 0.29) is 17.0 Å². The van der Waals surface area contributed by atoms with Crippen molar-refractivity contribution >= 4 is 5.78 Å². The molecule has 0 saturated carbocycles. The van der Waals surface area contributed by atoms with E-state index in [1.807, 2.05) is 6.07 Å². The summed E-state index contributed by atoms with van der Waals surface area (Å²) in [6.45, 7) is 4.11. The van der Waals surface area contributed by atoms with Crippen molar-refractivity contribution in [2.24, 2.45) is 0 Å². The van der Waals surface area contributed by atoms with Gasteiger partial charge in [0.2, 0.25) is 0 Å². The van der Waals surface area contributed by atoms with Crippen LogP contribution in [0.2, 0.25) is 0 Å². The van der Waals surface area contributed by atoms with E-state index in [4.69, 9.17) is 0 Å². The maximum atomic E-state index is 13.4. The van der Waals surface area contributed by atoms with Gasteiger partial charge in [-0.25, -0.2) is 4.39 Å². The van der Waals surface area contributed by atoms with Gasteiger partial charge in [-0.05, 0) is 23.5 Å². The van der Waals surface area contributed by atoms with Crippen LogP contribution < -0.4 is 0 Å². The van der Waals surface area contributed by atoms with E-state index in [9.17, 15) is 9.18 Å². The molecule has 1 aromatic carbocycles. The molecule has 0 radical (unpaired) electrons. The van der Waals surface area contributed by atoms with Crippen molar-refractivity contribution in [2.45, 2.75) is 32.1 Å². The van der Waals surface area contributed by atoms with E-state index in [1.54, 1.807) is 6.07 Å². The van der Waals surface area contributed by atoms with Crippen molar-refractivity contribution in [3.8, 4) is 0 Å². The second kappa shape index (κ2) is 2.91. The zero-order chi connectivity index (χ0) is 10.3. The molecule has 0 saturated heterocycles. The molecule has 0 unspecified atom stereocenters. The van der Waals surface area contributed by atoms with Crippen LogP contribution in [0.4, 0.5) is 4.39 Å². The van der Waals surface area contributed by atoms with Crippen molar-refractivity contribution < 1.29 is 9.18 Å². The molecule has 1 aliphatic rings. The highest BCUT2D eigenvalue weighted by molar-refractivity contribution is 5.99. The number of benzene rings is 1. The van der Waals surface area contributed by atoms with E-state index in [0.29, 0.717) is 12.0 Å². The van der Waals surface area contributed by atoms with Crippen LogP contribution in [0.3, 0.4) is 0 Å². The van der Waals surface area contributed by atoms with E-state index >= 15 is 0 Å². The van der Waals surface area contributed by atoms with E-state index < -0.39 is 0 Å². The highest BCUT2D eigenvalue weighted by Crippen LogP contribution is 2.37. The molecule has 1 nitrogen and oxygen atoms in total. The summed E-state index contributed by atoms with van der Waals surface area (Å²) in [7, 11) is 0. The normalized spacial score (nSPS) is 19.2. The average Bonchev–Trinajstić information content (AvgIpc) is 2.12. The first-order valence-corrected chi connectivity index (χ1v) is 4.84. The lowest BCUT2D eigenvalue weighted by Gasteiger charge is -2.31. The molecule has 74 valence electrons. The Kier molecular flexibility index (Phi) is 1.95. The molecule has 0 aliphatic heterocycles. The fraction of sp³-hybridized carbons (Fsp3) is 0.417. The summed E-state index contributed by atoms with van der Waals surface area (Å²) < 4.78 is 13.4. The molecule has 0 atom stereocenters. The first-order valence-electron chi connectivity index (χ1n) is 4.84. The van der Waals surface area contributed by atoms with E-state index in [1.165, 1.54) is 6.07 Å². The molecule has 0 bridgehead atoms. The van der Waals surface area contributed by atoms with Gasteiger partial charge in [-0.3, -0.25) is 4.79 Å². The summed E-state index contributed by atoms with van der Waals surface area (Å²) >= 11 is 0. The van der Waals surface area contributed by atoms with Crippen molar-refractivity contribution in [3.63, 3.8) is 0 Å². The SMILES string of the molecule is CC1(C)CCC(=O)c2c(F)cccc21. The molecular weight excluding hydrogens is 179 g/mol. The standard InChI is InChI=1S/C12H13FO/c1-12(2)7-6-10(14)11-8(12)4-3-5-9(11)13/h3-5H,6-7H2,1-2H3. The second-order valence-corrected chi connectivity index (χ2v) is 4.47. The quantitative estimate of drug-likeness (QED) is 0.617. The third-order valence-electron chi connectivity index (χ3n) is 3.00. The summed E-state index contributed by atoms with van der Waals surface area (Å²) in [5.74, 6) is -0.433. The third kappa shape index (κ3) is 1.26. The van der Waals surface area contributed by atoms with Crippen LogP contribution >= 0.6 is 0 Å². The van der Waals surface area contributed by atoms with Gasteiger partial charge in [0, 0.05) is 6.42 Å². The van der Waals surface area contributed by atoms with Gasteiger partial charge in [0.25, 0.3) is 0 Å². The lowest BCUT2D eigenvalue weighted by Crippen LogP contribution is -2.28.